The molecule has 2 aromatic rings. The number of H-pyrrole nitrogens is 1. The maximum absolute atomic E-state index is 11.4. The summed E-state index contributed by atoms with van der Waals surface area (Å²) in [5, 5.41) is 0. The molecular weight excluding hydrogens is 166 g/mol. The highest BCUT2D eigenvalue weighted by molar-refractivity contribution is 5.74. The minimum Gasteiger partial charge on any atom is -0.290 e. The molecule has 0 aliphatic carbocycles. The molecule has 0 radical (unpaired) electrons. The zero-order valence-electron chi connectivity index (χ0n) is 7.24. The lowest BCUT2D eigenvalue weighted by Crippen LogP contribution is -2.13. The molecule has 0 aliphatic heterocycles. The molecule has 2 rings (SSSR count). The van der Waals surface area contributed by atoms with Crippen molar-refractivity contribution >= 4 is 16.9 Å². The number of fused-ring (bicyclic) bond motifs is 1. The Labute approximate surface area is 74.5 Å². The van der Waals surface area contributed by atoms with Crippen LogP contribution in [-0.4, -0.2) is 14.5 Å². The van der Waals surface area contributed by atoms with Crippen molar-refractivity contribution in [3.8, 4) is 0 Å². The normalized spacial score (nSPS) is 10.5. The van der Waals surface area contributed by atoms with E-state index in [0.717, 1.165) is 5.52 Å². The van der Waals surface area contributed by atoms with Crippen LogP contribution in [0.15, 0.2) is 29.7 Å². The Balaban J connectivity index is 2.95. The Hall–Kier alpha value is -1.84. The molecule has 0 aromatic carbocycles. The summed E-state index contributed by atoms with van der Waals surface area (Å²) in [6.45, 7) is 5.50. The van der Waals surface area contributed by atoms with Gasteiger partial charge in [-0.1, -0.05) is 6.58 Å². The van der Waals surface area contributed by atoms with E-state index in [1.165, 1.54) is 4.57 Å². The number of nitrogens with zero attached hydrogens (tertiary/aromatic N) is 2. The van der Waals surface area contributed by atoms with Gasteiger partial charge < -0.3 is 0 Å². The minimum atomic E-state index is -0.193. The van der Waals surface area contributed by atoms with Crippen molar-refractivity contribution in [2.75, 3.05) is 0 Å². The lowest BCUT2D eigenvalue weighted by molar-refractivity contribution is 1.03. The standard InChI is InChI=1S/C9H9N3O/c1-6(2)12-7-4-3-5-10-8(7)11-9(12)13/h3-5H,1H2,2H3,(H,10,11,13). The fourth-order valence-electron chi connectivity index (χ4n) is 1.32. The van der Waals surface area contributed by atoms with Gasteiger partial charge in [-0.2, -0.15) is 0 Å². The van der Waals surface area contributed by atoms with Gasteiger partial charge >= 0.3 is 5.69 Å². The van der Waals surface area contributed by atoms with Crippen LogP contribution in [0.25, 0.3) is 16.9 Å². The topological polar surface area (TPSA) is 50.7 Å². The molecule has 4 nitrogen and oxygen atoms in total. The number of aromatic amines is 1. The highest BCUT2D eigenvalue weighted by Crippen LogP contribution is 2.09. The third-order valence-electron chi connectivity index (χ3n) is 1.84. The molecule has 4 heteroatoms. The van der Waals surface area contributed by atoms with Crippen molar-refractivity contribution in [1.82, 2.24) is 14.5 Å². The van der Waals surface area contributed by atoms with Crippen molar-refractivity contribution in [3.63, 3.8) is 0 Å². The SMILES string of the molecule is C=C(C)n1c(=O)[nH]c2ncccc21. The first-order valence-corrected chi connectivity index (χ1v) is 3.92. The summed E-state index contributed by atoms with van der Waals surface area (Å²) in [5.41, 5.74) is 1.85. The van der Waals surface area contributed by atoms with E-state index in [1.807, 2.05) is 6.07 Å². The molecule has 0 unspecified atom stereocenters. The molecule has 0 bridgehead atoms. The average molecular weight is 175 g/mol. The first-order chi connectivity index (χ1) is 6.20. The van der Waals surface area contributed by atoms with Crippen LogP contribution in [-0.2, 0) is 0 Å². The van der Waals surface area contributed by atoms with Gasteiger partial charge in [0.15, 0.2) is 5.65 Å². The van der Waals surface area contributed by atoms with E-state index in [9.17, 15) is 4.79 Å². The predicted molar refractivity (Wildman–Crippen MR) is 51.4 cm³/mol. The second-order valence-corrected chi connectivity index (χ2v) is 2.87. The van der Waals surface area contributed by atoms with E-state index in [4.69, 9.17) is 0 Å². The second-order valence-electron chi connectivity index (χ2n) is 2.87. The number of allylic oxidation sites excluding steroid dienone is 1. The first kappa shape index (κ1) is 7.79. The predicted octanol–water partition coefficient (Wildman–Crippen LogP) is 1.22. The average Bonchev–Trinajstić information content (AvgIpc) is 2.39. The molecule has 0 spiro atoms. The van der Waals surface area contributed by atoms with Gasteiger partial charge in [0.2, 0.25) is 0 Å². The van der Waals surface area contributed by atoms with E-state index in [0.29, 0.717) is 11.3 Å². The number of aromatic nitrogens is 3. The van der Waals surface area contributed by atoms with E-state index in [1.54, 1.807) is 19.2 Å². The van der Waals surface area contributed by atoms with E-state index in [-0.39, 0.29) is 5.69 Å². The summed E-state index contributed by atoms with van der Waals surface area (Å²) in [5.74, 6) is 0. The van der Waals surface area contributed by atoms with Gasteiger partial charge in [0.1, 0.15) is 0 Å². The molecule has 2 aromatic heterocycles. The number of imidazole rings is 1. The van der Waals surface area contributed by atoms with Gasteiger partial charge in [-0.05, 0) is 19.1 Å². The van der Waals surface area contributed by atoms with Crippen LogP contribution < -0.4 is 5.69 Å². The number of hydrogen-bond donors (Lipinski definition) is 1. The summed E-state index contributed by atoms with van der Waals surface area (Å²) in [4.78, 5) is 18.1. The van der Waals surface area contributed by atoms with Crippen molar-refractivity contribution in [2.24, 2.45) is 0 Å². The molecule has 2 heterocycles. The van der Waals surface area contributed by atoms with Crippen LogP contribution in [0.4, 0.5) is 0 Å². The fourth-order valence-corrected chi connectivity index (χ4v) is 1.32. The Morgan fingerprint density at radius 2 is 2.46 bits per heavy atom. The highest BCUT2D eigenvalue weighted by atomic mass is 16.1. The molecule has 0 saturated carbocycles. The van der Waals surface area contributed by atoms with Crippen LogP contribution >= 0.6 is 0 Å². The number of hydrogen-bond acceptors (Lipinski definition) is 2. The van der Waals surface area contributed by atoms with Crippen molar-refractivity contribution in [3.05, 3.63) is 35.4 Å². The summed E-state index contributed by atoms with van der Waals surface area (Å²) in [7, 11) is 0. The van der Waals surface area contributed by atoms with Gasteiger partial charge in [0.25, 0.3) is 0 Å². The Morgan fingerprint density at radius 3 is 3.15 bits per heavy atom. The zero-order valence-corrected chi connectivity index (χ0v) is 7.24. The summed E-state index contributed by atoms with van der Waals surface area (Å²) >= 11 is 0. The number of nitrogens with one attached hydrogen (secondary N) is 1. The van der Waals surface area contributed by atoms with Crippen molar-refractivity contribution < 1.29 is 0 Å². The molecule has 0 aliphatic rings. The van der Waals surface area contributed by atoms with Crippen LogP contribution in [0.2, 0.25) is 0 Å². The monoisotopic (exact) mass is 175 g/mol. The van der Waals surface area contributed by atoms with Crippen LogP contribution in [0, 0.1) is 0 Å². The third kappa shape index (κ3) is 1.07. The zero-order chi connectivity index (χ0) is 9.42. The molecule has 13 heavy (non-hydrogen) atoms. The summed E-state index contributed by atoms with van der Waals surface area (Å²) < 4.78 is 1.50. The van der Waals surface area contributed by atoms with E-state index < -0.39 is 0 Å². The molecule has 0 saturated heterocycles. The van der Waals surface area contributed by atoms with E-state index >= 15 is 0 Å². The van der Waals surface area contributed by atoms with Crippen molar-refractivity contribution in [2.45, 2.75) is 6.92 Å². The summed E-state index contributed by atoms with van der Waals surface area (Å²) in [6.07, 6.45) is 1.64. The van der Waals surface area contributed by atoms with E-state index in [2.05, 4.69) is 16.5 Å². The number of rotatable bonds is 1. The Morgan fingerprint density at radius 1 is 1.69 bits per heavy atom. The highest BCUT2D eigenvalue weighted by Gasteiger charge is 2.05. The quantitative estimate of drug-likeness (QED) is 0.708. The van der Waals surface area contributed by atoms with Gasteiger partial charge in [0, 0.05) is 11.9 Å². The maximum Gasteiger partial charge on any atom is 0.332 e. The second kappa shape index (κ2) is 2.58. The molecular formula is C9H9N3O. The molecule has 66 valence electrons. The summed E-state index contributed by atoms with van der Waals surface area (Å²) in [6, 6.07) is 3.62. The fraction of sp³-hybridized carbons (Fsp3) is 0.111. The molecule has 0 atom stereocenters. The molecule has 1 N–H and O–H groups in total. The minimum absolute atomic E-state index is 0.193. The Kier molecular flexibility index (Phi) is 1.55. The number of pyridine rings is 1. The van der Waals surface area contributed by atoms with Crippen LogP contribution in [0.3, 0.4) is 0 Å². The third-order valence-corrected chi connectivity index (χ3v) is 1.84. The van der Waals surface area contributed by atoms with Gasteiger partial charge in [-0.15, -0.1) is 0 Å². The maximum atomic E-state index is 11.4. The molecule has 0 amide bonds. The largest absolute Gasteiger partial charge is 0.332 e. The smallest absolute Gasteiger partial charge is 0.290 e. The lowest BCUT2D eigenvalue weighted by atomic mass is 10.4. The van der Waals surface area contributed by atoms with Crippen molar-refractivity contribution in [1.29, 1.82) is 0 Å². The lowest BCUT2D eigenvalue weighted by Gasteiger charge is -1.98. The molecule has 0 fully saturated rings. The van der Waals surface area contributed by atoms with Gasteiger partial charge in [-0.25, -0.2) is 9.78 Å². The van der Waals surface area contributed by atoms with Gasteiger partial charge in [0.05, 0.1) is 5.52 Å². The van der Waals surface area contributed by atoms with Gasteiger partial charge in [-0.3, -0.25) is 9.55 Å². The Bertz CT molecular complexity index is 521. The van der Waals surface area contributed by atoms with Crippen LogP contribution in [0.1, 0.15) is 6.92 Å². The first-order valence-electron chi connectivity index (χ1n) is 3.92. The van der Waals surface area contributed by atoms with Crippen LogP contribution in [0.5, 0.6) is 0 Å².